The second kappa shape index (κ2) is 8.44. The first-order chi connectivity index (χ1) is 15.9. The average Bonchev–Trinajstić information content (AvgIpc) is 3.46. The van der Waals surface area contributed by atoms with E-state index in [9.17, 15) is 0 Å². The molecule has 0 N–H and O–H groups in total. The van der Waals surface area contributed by atoms with E-state index in [-0.39, 0.29) is 98.1 Å². The SMILES string of the molecule is C=Cc1c(C)c2n3c1C=C1C(C)=[C-]C4=[N+]1[C@]31n3c(c(C)c(C=C)c3=C2)=CC2=[N+]1C(=C4)[C-]=C2C.[Y].[Y].[Y]. The number of rotatable bonds is 2. The third-order valence-electron chi connectivity index (χ3n) is 8.16. The van der Waals surface area contributed by atoms with E-state index in [1.165, 1.54) is 55.7 Å². The molecule has 0 amide bonds. The summed E-state index contributed by atoms with van der Waals surface area (Å²) in [6.45, 7) is 17.1. The molecular weight excluding hydrogens is 671 g/mol. The molecule has 167 valence electrons. The molecule has 1 atom stereocenters. The molecule has 0 bridgehead atoms. The van der Waals surface area contributed by atoms with Crippen molar-refractivity contribution in [3.63, 3.8) is 0 Å². The molecule has 2 aromatic heterocycles. The summed E-state index contributed by atoms with van der Waals surface area (Å²) in [6.07, 6.45) is 20.6. The third-order valence-corrected chi connectivity index (χ3v) is 8.16. The Morgan fingerprint density at radius 2 is 1.47 bits per heavy atom. The summed E-state index contributed by atoms with van der Waals surface area (Å²) in [4.78, 5) is 0. The van der Waals surface area contributed by atoms with Crippen molar-refractivity contribution in [1.29, 1.82) is 0 Å². The first kappa shape index (κ1) is 27.0. The maximum absolute atomic E-state index is 4.20. The molecule has 2 aromatic rings. The van der Waals surface area contributed by atoms with Gasteiger partial charge in [-0.3, -0.25) is 0 Å². The molecular formula is C29H22N4Y3. The summed E-state index contributed by atoms with van der Waals surface area (Å²) >= 11 is 0. The van der Waals surface area contributed by atoms with Gasteiger partial charge >= 0.3 is 5.91 Å². The van der Waals surface area contributed by atoms with Gasteiger partial charge in [-0.05, 0) is 49.3 Å². The summed E-state index contributed by atoms with van der Waals surface area (Å²) < 4.78 is 9.95. The standard InChI is InChI=1S/C29H22N4.3Y/c1-7-21-18(6)26-14-28-22(8-2)17(5)25-12-23-15(3)9-19-11-20-10-16(4)24-13-27(21)33(26)29(30(19)23,31(20)24)32(25)28;;;/h7-8,11-14H,1-2H2,3-6H3;;;/t29-;;;/m1.../s1. The van der Waals surface area contributed by atoms with Crippen LogP contribution in [0.15, 0.2) is 41.8 Å². The fourth-order valence-electron chi connectivity index (χ4n) is 6.82. The van der Waals surface area contributed by atoms with Crippen LogP contribution in [0.3, 0.4) is 0 Å². The van der Waals surface area contributed by atoms with Crippen molar-refractivity contribution in [2.45, 2.75) is 33.6 Å². The molecule has 8 heterocycles. The molecule has 7 heteroatoms. The van der Waals surface area contributed by atoms with Gasteiger partial charge in [0.1, 0.15) is 22.8 Å². The average molecular weight is 693 g/mol. The van der Waals surface area contributed by atoms with Crippen LogP contribution in [0.4, 0.5) is 0 Å². The number of nitrogens with zero attached hydrogens (tertiary/aromatic N) is 4. The second-order valence-electron chi connectivity index (χ2n) is 9.59. The van der Waals surface area contributed by atoms with Crippen LogP contribution >= 0.6 is 0 Å². The van der Waals surface area contributed by atoms with Crippen LogP contribution < -0.4 is 10.7 Å². The van der Waals surface area contributed by atoms with E-state index in [0.717, 1.165) is 22.6 Å². The van der Waals surface area contributed by atoms with E-state index in [1.54, 1.807) is 0 Å². The largest absolute Gasteiger partial charge is 0.529 e. The fourth-order valence-corrected chi connectivity index (χ4v) is 6.82. The van der Waals surface area contributed by atoms with Crippen molar-refractivity contribution in [1.82, 2.24) is 9.13 Å². The smallest absolute Gasteiger partial charge is 0.202 e. The molecule has 0 aliphatic carbocycles. The Kier molecular flexibility index (Phi) is 6.33. The Labute approximate surface area is 286 Å². The van der Waals surface area contributed by atoms with E-state index >= 15 is 0 Å². The molecule has 3 radical (unpaired) electrons. The molecule has 36 heavy (non-hydrogen) atoms. The van der Waals surface area contributed by atoms with Gasteiger partial charge in [-0.25, -0.2) is 9.13 Å². The Balaban J connectivity index is 0.000000889. The Hall–Kier alpha value is -0.608. The summed E-state index contributed by atoms with van der Waals surface area (Å²) in [6, 6.07) is 0. The second-order valence-corrected chi connectivity index (χ2v) is 9.59. The van der Waals surface area contributed by atoms with E-state index < -0.39 is 5.91 Å². The molecule has 6 aliphatic heterocycles. The topological polar surface area (TPSA) is 15.9 Å². The van der Waals surface area contributed by atoms with E-state index in [2.05, 4.69) is 95.6 Å². The Bertz CT molecular complexity index is 1830. The molecule has 1 spiro atoms. The molecule has 8 rings (SSSR count). The Morgan fingerprint density at radius 3 is 2.17 bits per heavy atom. The van der Waals surface area contributed by atoms with Gasteiger partial charge in [0.15, 0.2) is 0 Å². The summed E-state index contributed by atoms with van der Waals surface area (Å²) in [5, 5.41) is 2.42. The van der Waals surface area contributed by atoms with Gasteiger partial charge in [0.2, 0.25) is 0 Å². The van der Waals surface area contributed by atoms with Crippen LogP contribution in [0.5, 0.6) is 0 Å². The van der Waals surface area contributed by atoms with Crippen LogP contribution in [-0.2, 0) is 104 Å². The van der Waals surface area contributed by atoms with Crippen molar-refractivity contribution in [2.24, 2.45) is 0 Å². The van der Waals surface area contributed by atoms with E-state index in [0.29, 0.717) is 0 Å². The minimum atomic E-state index is -0.648. The van der Waals surface area contributed by atoms with E-state index in [4.69, 9.17) is 0 Å². The van der Waals surface area contributed by atoms with Gasteiger partial charge < -0.3 is 0 Å². The zero-order chi connectivity index (χ0) is 22.5. The van der Waals surface area contributed by atoms with Crippen LogP contribution in [0.25, 0.3) is 30.4 Å². The summed E-state index contributed by atoms with van der Waals surface area (Å²) in [5.74, 6) is -0.648. The number of hydrogen-bond acceptors (Lipinski definition) is 0. The summed E-state index contributed by atoms with van der Waals surface area (Å²) in [5.41, 5.74) is 14.2. The summed E-state index contributed by atoms with van der Waals surface area (Å²) in [7, 11) is 0. The van der Waals surface area contributed by atoms with Crippen molar-refractivity contribution in [2.75, 3.05) is 0 Å². The normalized spacial score (nSPS) is 21.9. The molecule has 6 aliphatic rings. The van der Waals surface area contributed by atoms with Crippen molar-refractivity contribution >= 4 is 41.8 Å². The maximum atomic E-state index is 4.20. The van der Waals surface area contributed by atoms with Gasteiger partial charge in [0, 0.05) is 109 Å². The minimum absolute atomic E-state index is 0. The van der Waals surface area contributed by atoms with Gasteiger partial charge in [-0.1, -0.05) is 62.5 Å². The zero-order valence-corrected chi connectivity index (χ0v) is 29.4. The van der Waals surface area contributed by atoms with Crippen LogP contribution in [0.1, 0.15) is 47.5 Å². The molecule has 0 saturated carbocycles. The first-order valence-electron chi connectivity index (χ1n) is 11.4. The molecule has 4 nitrogen and oxygen atoms in total. The molecule has 0 aromatic carbocycles. The zero-order valence-electron chi connectivity index (χ0n) is 20.9. The minimum Gasteiger partial charge on any atom is -0.202 e. The predicted octanol–water partition coefficient (Wildman–Crippen LogP) is 2.92. The predicted molar refractivity (Wildman–Crippen MR) is 131 cm³/mol. The van der Waals surface area contributed by atoms with Gasteiger partial charge in [-0.2, -0.15) is 9.15 Å². The van der Waals surface area contributed by atoms with E-state index in [1.807, 2.05) is 12.2 Å². The van der Waals surface area contributed by atoms with Gasteiger partial charge in [0.05, 0.1) is 22.1 Å². The van der Waals surface area contributed by atoms with Crippen LogP contribution in [-0.4, -0.2) is 29.7 Å². The number of allylic oxidation sites excluding steroid dienone is 5. The Morgan fingerprint density at radius 1 is 0.750 bits per heavy atom. The monoisotopic (exact) mass is 693 g/mol. The third kappa shape index (κ3) is 2.63. The number of aromatic nitrogens is 2. The molecule has 0 saturated heterocycles. The van der Waals surface area contributed by atoms with Crippen LogP contribution in [0, 0.1) is 26.0 Å². The van der Waals surface area contributed by atoms with Gasteiger partial charge in [0.25, 0.3) is 0 Å². The van der Waals surface area contributed by atoms with Crippen molar-refractivity contribution in [3.8, 4) is 0 Å². The number of hydrogen-bond donors (Lipinski definition) is 0. The molecule has 0 fully saturated rings. The fraction of sp³-hybridized carbons (Fsp3) is 0.172. The first-order valence-corrected chi connectivity index (χ1v) is 11.4. The van der Waals surface area contributed by atoms with Gasteiger partial charge in [-0.15, -0.1) is 0 Å². The van der Waals surface area contributed by atoms with Crippen LogP contribution in [0.2, 0.25) is 0 Å². The quantitative estimate of drug-likeness (QED) is 0.340. The van der Waals surface area contributed by atoms with Crippen molar-refractivity contribution < 1.29 is 107 Å². The maximum Gasteiger partial charge on any atom is 0.529 e. The molecule has 0 unspecified atom stereocenters. The van der Waals surface area contributed by atoms with Crippen molar-refractivity contribution in [3.05, 3.63) is 98.3 Å².